The molecule has 1 aliphatic heterocycles. The van der Waals surface area contributed by atoms with E-state index >= 15 is 0 Å². The summed E-state index contributed by atoms with van der Waals surface area (Å²) in [5, 5.41) is 0.784. The van der Waals surface area contributed by atoms with Crippen LogP contribution in [-0.4, -0.2) is 19.9 Å². The number of ether oxygens (including phenoxy) is 1. The quantitative estimate of drug-likeness (QED) is 0.695. The molecule has 2 aliphatic carbocycles. The average molecular weight is 374 g/mol. The fourth-order valence-corrected chi connectivity index (χ4v) is 5.72. The molecule has 2 fully saturated rings. The highest BCUT2D eigenvalue weighted by Crippen LogP contribution is 2.60. The topological polar surface area (TPSA) is 55.7 Å². The maximum Gasteiger partial charge on any atom is 0.342 e. The van der Waals surface area contributed by atoms with Crippen LogP contribution in [0.1, 0.15) is 49.7 Å². The summed E-state index contributed by atoms with van der Waals surface area (Å²) in [5.41, 5.74) is 1.77. The monoisotopic (exact) mass is 373 g/mol. The maximum absolute atomic E-state index is 11.4. The van der Waals surface area contributed by atoms with Crippen molar-refractivity contribution >= 4 is 37.4 Å². The molecule has 0 radical (unpaired) electrons. The van der Waals surface area contributed by atoms with Crippen molar-refractivity contribution < 1.29 is 13.2 Å². The molecule has 4 nitrogen and oxygen atoms in total. The fraction of sp³-hybridized carbons (Fsp3) is 0.562. The van der Waals surface area contributed by atoms with E-state index in [1.165, 1.54) is 11.1 Å². The summed E-state index contributed by atoms with van der Waals surface area (Å²) in [6.07, 6.45) is 6.22. The fourth-order valence-electron chi connectivity index (χ4n) is 4.87. The van der Waals surface area contributed by atoms with Gasteiger partial charge in [0.2, 0.25) is 5.90 Å². The molecule has 0 bridgehead atoms. The minimum atomic E-state index is -3.98. The van der Waals surface area contributed by atoms with Gasteiger partial charge in [0.05, 0.1) is 0 Å². The number of halogens is 2. The van der Waals surface area contributed by atoms with Gasteiger partial charge < -0.3 is 4.74 Å². The lowest BCUT2D eigenvalue weighted by atomic mass is 9.54. The molecule has 23 heavy (non-hydrogen) atoms. The summed E-state index contributed by atoms with van der Waals surface area (Å²) in [6, 6.07) is 6.00. The summed E-state index contributed by atoms with van der Waals surface area (Å²) in [6.45, 7) is 0. The number of hydrogen-bond acceptors (Lipinski definition) is 3. The molecule has 3 aliphatic rings. The molecule has 0 unspecified atom stereocenters. The summed E-state index contributed by atoms with van der Waals surface area (Å²) in [7, 11) is 1.34. The Morgan fingerprint density at radius 1 is 1.17 bits per heavy atom. The van der Waals surface area contributed by atoms with Crippen LogP contribution in [0.15, 0.2) is 22.6 Å². The second-order valence-corrected chi connectivity index (χ2v) is 9.31. The van der Waals surface area contributed by atoms with E-state index in [1.807, 2.05) is 12.1 Å². The first-order valence-corrected chi connectivity index (χ1v) is 10.5. The smallest absolute Gasteiger partial charge is 0.342 e. The molecular formula is C16H17Cl2NO3S. The Balaban J connectivity index is 1.91. The lowest BCUT2D eigenvalue weighted by Crippen LogP contribution is -2.53. The van der Waals surface area contributed by atoms with Crippen molar-refractivity contribution in [1.29, 1.82) is 0 Å². The van der Waals surface area contributed by atoms with Crippen LogP contribution in [0.2, 0.25) is 5.02 Å². The van der Waals surface area contributed by atoms with Crippen LogP contribution in [0, 0.1) is 0 Å². The molecule has 1 aromatic carbocycles. The molecule has 1 aromatic rings. The van der Waals surface area contributed by atoms with Gasteiger partial charge in [-0.05, 0) is 49.3 Å². The van der Waals surface area contributed by atoms with Gasteiger partial charge in [-0.15, -0.1) is 4.40 Å². The zero-order chi connectivity index (χ0) is 16.3. The number of hydrogen-bond donors (Lipinski definition) is 0. The molecular weight excluding hydrogens is 357 g/mol. The molecule has 0 aromatic heterocycles. The molecule has 7 heteroatoms. The standard InChI is InChI=1S/C16H17Cl2NO3S/c17-13-5-3-4-12-11(13)6-9-16-8-2-1-7-15(12,16)10-14(22-16)19-23(18,20)21/h3-5H,1-2,6-10H2/t15-,16+/m0/s1. The number of benzene rings is 1. The third kappa shape index (κ3) is 2.31. The first kappa shape index (κ1) is 15.7. The van der Waals surface area contributed by atoms with Crippen LogP contribution in [0.25, 0.3) is 0 Å². The van der Waals surface area contributed by atoms with Gasteiger partial charge in [0.25, 0.3) is 0 Å². The Morgan fingerprint density at radius 2 is 1.96 bits per heavy atom. The Morgan fingerprint density at radius 3 is 2.74 bits per heavy atom. The predicted octanol–water partition coefficient (Wildman–Crippen LogP) is 4.14. The van der Waals surface area contributed by atoms with Gasteiger partial charge in [-0.3, -0.25) is 0 Å². The zero-order valence-electron chi connectivity index (χ0n) is 12.5. The highest BCUT2D eigenvalue weighted by Gasteiger charge is 2.63. The van der Waals surface area contributed by atoms with Gasteiger partial charge in [0.1, 0.15) is 5.60 Å². The zero-order valence-corrected chi connectivity index (χ0v) is 14.8. The molecule has 0 amide bonds. The Kier molecular flexibility index (Phi) is 3.49. The van der Waals surface area contributed by atoms with E-state index < -0.39 is 9.24 Å². The Hall–Kier alpha value is -0.780. The van der Waals surface area contributed by atoms with Crippen molar-refractivity contribution in [3.05, 3.63) is 34.3 Å². The van der Waals surface area contributed by atoms with Gasteiger partial charge in [-0.2, -0.15) is 8.42 Å². The maximum atomic E-state index is 11.4. The van der Waals surface area contributed by atoms with Crippen molar-refractivity contribution in [1.82, 2.24) is 0 Å². The first-order chi connectivity index (χ1) is 10.9. The molecule has 0 spiro atoms. The van der Waals surface area contributed by atoms with Crippen molar-refractivity contribution in [2.45, 2.75) is 56.0 Å². The molecule has 124 valence electrons. The highest BCUT2D eigenvalue weighted by molar-refractivity contribution is 8.12. The van der Waals surface area contributed by atoms with Gasteiger partial charge in [0, 0.05) is 27.5 Å². The van der Waals surface area contributed by atoms with E-state index in [2.05, 4.69) is 10.5 Å². The predicted molar refractivity (Wildman–Crippen MR) is 90.6 cm³/mol. The summed E-state index contributed by atoms with van der Waals surface area (Å²) < 4.78 is 32.5. The first-order valence-electron chi connectivity index (χ1n) is 7.86. The van der Waals surface area contributed by atoms with Crippen LogP contribution in [0.3, 0.4) is 0 Å². The third-order valence-electron chi connectivity index (χ3n) is 5.70. The Bertz CT molecular complexity index is 808. The van der Waals surface area contributed by atoms with Crippen LogP contribution in [0.5, 0.6) is 0 Å². The van der Waals surface area contributed by atoms with E-state index in [9.17, 15) is 8.42 Å². The number of rotatable bonds is 1. The molecule has 1 saturated heterocycles. The van der Waals surface area contributed by atoms with Gasteiger partial charge in [-0.1, -0.05) is 30.2 Å². The minimum absolute atomic E-state index is 0.232. The number of fused-ring (bicyclic) bond motifs is 1. The molecule has 0 N–H and O–H groups in total. The van der Waals surface area contributed by atoms with Gasteiger partial charge in [0.15, 0.2) is 0 Å². The van der Waals surface area contributed by atoms with Crippen LogP contribution in [-0.2, 0) is 25.8 Å². The van der Waals surface area contributed by atoms with Crippen LogP contribution < -0.4 is 0 Å². The van der Waals surface area contributed by atoms with E-state index in [1.54, 1.807) is 0 Å². The Labute approximate surface area is 145 Å². The highest BCUT2D eigenvalue weighted by atomic mass is 35.7. The van der Waals surface area contributed by atoms with E-state index in [4.69, 9.17) is 27.0 Å². The van der Waals surface area contributed by atoms with E-state index in [0.717, 1.165) is 43.5 Å². The van der Waals surface area contributed by atoms with E-state index in [0.29, 0.717) is 6.42 Å². The second-order valence-electron chi connectivity index (χ2n) is 6.73. The largest absolute Gasteiger partial charge is 0.473 e. The second kappa shape index (κ2) is 5.11. The molecule has 1 heterocycles. The number of nitrogens with zero attached hydrogens (tertiary/aromatic N) is 1. The summed E-state index contributed by atoms with van der Waals surface area (Å²) in [5.74, 6) is 0.245. The molecule has 2 atom stereocenters. The molecule has 1 saturated carbocycles. The summed E-state index contributed by atoms with van der Waals surface area (Å²) in [4.78, 5) is 0. The minimum Gasteiger partial charge on any atom is -0.473 e. The lowest BCUT2D eigenvalue weighted by molar-refractivity contribution is -0.0324. The summed E-state index contributed by atoms with van der Waals surface area (Å²) >= 11 is 6.41. The van der Waals surface area contributed by atoms with Gasteiger partial charge >= 0.3 is 9.24 Å². The van der Waals surface area contributed by atoms with E-state index in [-0.39, 0.29) is 16.9 Å². The van der Waals surface area contributed by atoms with Gasteiger partial charge in [-0.25, -0.2) is 0 Å². The normalized spacial score (nSPS) is 34.4. The van der Waals surface area contributed by atoms with Crippen molar-refractivity contribution in [2.75, 3.05) is 0 Å². The van der Waals surface area contributed by atoms with Crippen LogP contribution >= 0.6 is 22.3 Å². The van der Waals surface area contributed by atoms with Crippen LogP contribution in [0.4, 0.5) is 0 Å². The lowest BCUT2D eigenvalue weighted by Gasteiger charge is -2.51. The van der Waals surface area contributed by atoms with Crippen molar-refractivity contribution in [3.8, 4) is 0 Å². The van der Waals surface area contributed by atoms with Crippen molar-refractivity contribution in [2.24, 2.45) is 4.40 Å². The van der Waals surface area contributed by atoms with Crippen molar-refractivity contribution in [3.63, 3.8) is 0 Å². The average Bonchev–Trinajstić information content (AvgIpc) is 2.79. The molecule has 4 rings (SSSR count). The third-order valence-corrected chi connectivity index (χ3v) is 6.68. The SMILES string of the molecule is O=S(=O)(Cl)N=C1C[C@]23CCCC[C@]2(CCc2c(Cl)cccc23)O1.